The number of thiophene rings is 1. The molecule has 6 nitrogen and oxygen atoms in total. The van der Waals surface area contributed by atoms with Gasteiger partial charge in [-0.25, -0.2) is 4.68 Å². The van der Waals surface area contributed by atoms with Crippen molar-refractivity contribution in [3.8, 4) is 0 Å². The van der Waals surface area contributed by atoms with E-state index in [1.807, 2.05) is 28.8 Å². The lowest BCUT2D eigenvalue weighted by Gasteiger charge is -2.34. The van der Waals surface area contributed by atoms with Gasteiger partial charge in [0.1, 0.15) is 11.3 Å². The predicted molar refractivity (Wildman–Crippen MR) is 113 cm³/mol. The van der Waals surface area contributed by atoms with Crippen LogP contribution in [0.3, 0.4) is 0 Å². The van der Waals surface area contributed by atoms with Crippen LogP contribution in [0.5, 0.6) is 0 Å². The summed E-state index contributed by atoms with van der Waals surface area (Å²) in [4.78, 5) is 25.2. The van der Waals surface area contributed by atoms with E-state index in [-0.39, 0.29) is 17.5 Å². The molecule has 3 aromatic heterocycles. The molecule has 1 saturated carbocycles. The van der Waals surface area contributed by atoms with E-state index in [0.29, 0.717) is 36.7 Å². The summed E-state index contributed by atoms with van der Waals surface area (Å²) in [7, 11) is 0. The molecule has 150 valence electrons. The van der Waals surface area contributed by atoms with Crippen LogP contribution in [0.4, 0.5) is 0 Å². The topological polar surface area (TPSA) is 68.4 Å². The van der Waals surface area contributed by atoms with Gasteiger partial charge in [0.05, 0.1) is 10.2 Å². The minimum absolute atomic E-state index is 0.0833. The van der Waals surface area contributed by atoms with E-state index in [4.69, 9.17) is 0 Å². The Balaban J connectivity index is 1.41. The first-order chi connectivity index (χ1) is 13.5. The zero-order valence-corrected chi connectivity index (χ0v) is 17.6. The maximum Gasteiger partial charge on any atom is 0.291 e. The first-order valence-electron chi connectivity index (χ1n) is 10.2. The van der Waals surface area contributed by atoms with E-state index in [9.17, 15) is 9.59 Å². The number of hydrogen-bond acceptors (Lipinski definition) is 4. The molecule has 0 spiro atoms. The Bertz CT molecular complexity index is 1060. The number of aromatic nitrogens is 3. The highest BCUT2D eigenvalue weighted by Gasteiger charge is 2.27. The molecule has 3 heterocycles. The summed E-state index contributed by atoms with van der Waals surface area (Å²) < 4.78 is 4.52. The second-order valence-corrected chi connectivity index (χ2v) is 9.10. The van der Waals surface area contributed by atoms with Gasteiger partial charge >= 0.3 is 0 Å². The van der Waals surface area contributed by atoms with Crippen LogP contribution in [0.15, 0.2) is 22.3 Å². The summed E-state index contributed by atoms with van der Waals surface area (Å²) in [6.45, 7) is 6.88. The number of carbonyl (C=O) groups excluding carboxylic acids is 1. The number of nitrogens with zero attached hydrogens (tertiary/aromatic N) is 3. The molecule has 0 bridgehead atoms. The highest BCUT2D eigenvalue weighted by molar-refractivity contribution is 7.17. The van der Waals surface area contributed by atoms with Crippen molar-refractivity contribution in [3.63, 3.8) is 0 Å². The molecule has 1 aliphatic carbocycles. The number of amides is 1. The maximum atomic E-state index is 12.8. The van der Waals surface area contributed by atoms with Crippen molar-refractivity contribution >= 4 is 33.0 Å². The molecular weight excluding hydrogens is 372 g/mol. The number of hydrogen-bond donors (Lipinski definition) is 1. The lowest BCUT2D eigenvalue weighted by Crippen LogP contribution is -2.43. The predicted octanol–water partition coefficient (Wildman–Crippen LogP) is 3.74. The molecular formula is C21H28N4O2S. The van der Waals surface area contributed by atoms with Crippen LogP contribution >= 0.6 is 11.3 Å². The number of carbonyl (C=O) groups is 1. The second-order valence-electron chi connectivity index (χ2n) is 8.16. The van der Waals surface area contributed by atoms with Crippen molar-refractivity contribution in [1.82, 2.24) is 19.5 Å². The molecule has 7 heteroatoms. The Morgan fingerprint density at radius 2 is 2.14 bits per heavy atom. The van der Waals surface area contributed by atoms with E-state index < -0.39 is 0 Å². The third-order valence-electron chi connectivity index (χ3n) is 6.29. The molecule has 3 aromatic rings. The van der Waals surface area contributed by atoms with Gasteiger partial charge in [0.15, 0.2) is 0 Å². The third kappa shape index (κ3) is 3.48. The molecule has 0 aromatic carbocycles. The number of fused-ring (bicyclic) bond motifs is 3. The summed E-state index contributed by atoms with van der Waals surface area (Å²) in [5.74, 6) is 2.06. The molecule has 1 amide bonds. The molecule has 1 aliphatic rings. The van der Waals surface area contributed by atoms with Gasteiger partial charge in [0.25, 0.3) is 5.56 Å². The zero-order valence-electron chi connectivity index (χ0n) is 16.8. The minimum atomic E-state index is -0.0934. The van der Waals surface area contributed by atoms with Crippen LogP contribution in [-0.2, 0) is 11.3 Å². The van der Waals surface area contributed by atoms with Crippen LogP contribution in [0.1, 0.15) is 51.8 Å². The Hall–Kier alpha value is -2.15. The SMILES string of the molecule is Cc1nn(CCCC(=O)N[C@@H]2CCC[C@@H](C)[C@H]2C)c(=O)c2cc3sccc3n12. The molecule has 28 heavy (non-hydrogen) atoms. The van der Waals surface area contributed by atoms with E-state index in [1.165, 1.54) is 17.5 Å². The van der Waals surface area contributed by atoms with Crippen molar-refractivity contribution in [2.24, 2.45) is 11.8 Å². The van der Waals surface area contributed by atoms with Gasteiger partial charge in [-0.2, -0.15) is 5.10 Å². The minimum Gasteiger partial charge on any atom is -0.353 e. The zero-order chi connectivity index (χ0) is 19.8. The van der Waals surface area contributed by atoms with E-state index in [1.54, 1.807) is 11.3 Å². The standard InChI is InChI=1S/C21H28N4O2S/c1-13-6-4-7-16(14(13)2)22-20(26)8-5-10-24-21(27)18-12-19-17(9-11-28-19)25(18)15(3)23-24/h9,11-14,16H,4-8,10H2,1-3H3,(H,22,26)/t13-,14-,16-/m1/s1. The normalized spacial score (nSPS) is 22.8. The Morgan fingerprint density at radius 1 is 1.32 bits per heavy atom. The van der Waals surface area contributed by atoms with Gasteiger partial charge < -0.3 is 5.32 Å². The summed E-state index contributed by atoms with van der Waals surface area (Å²) in [6.07, 6.45) is 4.54. The smallest absolute Gasteiger partial charge is 0.291 e. The average Bonchev–Trinajstić information content (AvgIpc) is 3.24. The highest BCUT2D eigenvalue weighted by Crippen LogP contribution is 2.29. The quantitative estimate of drug-likeness (QED) is 0.709. The van der Waals surface area contributed by atoms with Gasteiger partial charge in [-0.3, -0.25) is 14.0 Å². The third-order valence-corrected chi connectivity index (χ3v) is 7.15. The number of nitrogens with one attached hydrogen (secondary N) is 1. The fourth-order valence-electron chi connectivity index (χ4n) is 4.43. The average molecular weight is 401 g/mol. The van der Waals surface area contributed by atoms with E-state index >= 15 is 0 Å². The molecule has 1 N–H and O–H groups in total. The molecule has 1 fully saturated rings. The largest absolute Gasteiger partial charge is 0.353 e. The van der Waals surface area contributed by atoms with Gasteiger partial charge in [-0.05, 0) is 49.1 Å². The Labute approximate surface area is 168 Å². The molecule has 0 unspecified atom stereocenters. The summed E-state index contributed by atoms with van der Waals surface area (Å²) in [6, 6.07) is 4.23. The van der Waals surface area contributed by atoms with Crippen LogP contribution in [0.25, 0.3) is 15.7 Å². The second kappa shape index (κ2) is 7.70. The monoisotopic (exact) mass is 400 g/mol. The van der Waals surface area contributed by atoms with Crippen molar-refractivity contribution in [2.75, 3.05) is 0 Å². The fourth-order valence-corrected chi connectivity index (χ4v) is 5.24. The fraction of sp³-hybridized carbons (Fsp3) is 0.571. The van der Waals surface area contributed by atoms with Crippen molar-refractivity contribution < 1.29 is 4.79 Å². The molecule has 3 atom stereocenters. The lowest BCUT2D eigenvalue weighted by atomic mass is 9.78. The molecule has 4 rings (SSSR count). The van der Waals surface area contributed by atoms with Gasteiger partial charge in [0, 0.05) is 19.0 Å². The summed E-state index contributed by atoms with van der Waals surface area (Å²) in [5, 5.41) is 9.71. The van der Waals surface area contributed by atoms with Crippen LogP contribution in [0.2, 0.25) is 0 Å². The summed E-state index contributed by atoms with van der Waals surface area (Å²) >= 11 is 1.63. The van der Waals surface area contributed by atoms with Gasteiger partial charge in [-0.1, -0.05) is 26.7 Å². The number of aryl methyl sites for hydroxylation is 2. The summed E-state index contributed by atoms with van der Waals surface area (Å²) in [5.41, 5.74) is 1.59. The lowest BCUT2D eigenvalue weighted by molar-refractivity contribution is -0.122. The van der Waals surface area contributed by atoms with Crippen LogP contribution < -0.4 is 10.9 Å². The van der Waals surface area contributed by atoms with Gasteiger partial charge in [-0.15, -0.1) is 11.3 Å². The first kappa shape index (κ1) is 19.2. The Kier molecular flexibility index (Phi) is 5.27. The van der Waals surface area contributed by atoms with Crippen molar-refractivity contribution in [1.29, 1.82) is 0 Å². The first-order valence-corrected chi connectivity index (χ1v) is 11.1. The van der Waals surface area contributed by atoms with Crippen molar-refractivity contribution in [2.45, 2.75) is 65.5 Å². The maximum absolute atomic E-state index is 12.8. The highest BCUT2D eigenvalue weighted by atomic mass is 32.1. The van der Waals surface area contributed by atoms with Crippen LogP contribution in [-0.4, -0.2) is 26.1 Å². The number of rotatable bonds is 5. The molecule has 0 saturated heterocycles. The molecule has 0 radical (unpaired) electrons. The van der Waals surface area contributed by atoms with Crippen molar-refractivity contribution in [3.05, 3.63) is 33.7 Å². The van der Waals surface area contributed by atoms with Gasteiger partial charge in [0.2, 0.25) is 5.91 Å². The van der Waals surface area contributed by atoms with E-state index in [0.717, 1.165) is 22.5 Å². The molecule has 0 aliphatic heterocycles. The van der Waals surface area contributed by atoms with Crippen LogP contribution in [0, 0.1) is 18.8 Å². The van der Waals surface area contributed by atoms with E-state index in [2.05, 4.69) is 24.3 Å². The Morgan fingerprint density at radius 3 is 2.96 bits per heavy atom.